The van der Waals surface area contributed by atoms with Gasteiger partial charge in [0.15, 0.2) is 6.61 Å². The van der Waals surface area contributed by atoms with Gasteiger partial charge < -0.3 is 9.47 Å². The lowest BCUT2D eigenvalue weighted by Gasteiger charge is -2.22. The number of rotatable bonds is 12. The van der Waals surface area contributed by atoms with Gasteiger partial charge in [-0.3, -0.25) is 0 Å². The molecular weight excluding hydrogens is 526 g/mol. The number of carbonyl (C=O) groups excluding carboxylic acids is 1. The Labute approximate surface area is 220 Å². The molecular formula is C25H30ClNO5S3. The minimum absolute atomic E-state index is 0.132. The van der Waals surface area contributed by atoms with Gasteiger partial charge in [-0.05, 0) is 69.2 Å². The number of halogens is 1. The van der Waals surface area contributed by atoms with Gasteiger partial charge in [0.2, 0.25) is 10.0 Å². The van der Waals surface area contributed by atoms with Crippen LogP contribution < -0.4 is 4.74 Å². The molecule has 3 aromatic rings. The van der Waals surface area contributed by atoms with E-state index in [1.54, 1.807) is 35.1 Å². The number of hydrogen-bond donors (Lipinski definition) is 0. The van der Waals surface area contributed by atoms with E-state index in [2.05, 4.69) is 0 Å². The summed E-state index contributed by atoms with van der Waals surface area (Å²) in [4.78, 5) is 13.6. The van der Waals surface area contributed by atoms with Crippen LogP contribution in [0.3, 0.4) is 0 Å². The second-order valence-corrected chi connectivity index (χ2v) is 12.6. The van der Waals surface area contributed by atoms with Crippen LogP contribution >= 0.6 is 34.7 Å². The van der Waals surface area contributed by atoms with Crippen LogP contribution in [0.5, 0.6) is 5.75 Å². The van der Waals surface area contributed by atoms with Crippen molar-refractivity contribution in [3.05, 3.63) is 51.9 Å². The van der Waals surface area contributed by atoms with Gasteiger partial charge in [-0.15, -0.1) is 23.1 Å². The normalized spacial score (nSPS) is 11.8. The van der Waals surface area contributed by atoms with Crippen molar-refractivity contribution in [2.45, 2.75) is 43.9 Å². The Kier molecular flexibility index (Phi) is 9.89. The smallest absolute Gasteiger partial charge is 0.344 e. The molecule has 1 heterocycles. The van der Waals surface area contributed by atoms with Crippen LogP contribution in [0.2, 0.25) is 5.02 Å². The second-order valence-electron chi connectivity index (χ2n) is 7.90. The first-order valence-electron chi connectivity index (χ1n) is 11.4. The predicted molar refractivity (Wildman–Crippen MR) is 145 cm³/mol. The molecule has 0 bridgehead atoms. The average Bonchev–Trinajstić information content (AvgIpc) is 3.13. The molecule has 10 heteroatoms. The largest absolute Gasteiger partial charge is 0.482 e. The zero-order chi connectivity index (χ0) is 25.6. The molecule has 0 saturated carbocycles. The number of fused-ring (bicyclic) bond motifs is 1. The lowest BCUT2D eigenvalue weighted by atomic mass is 10.2. The Bertz CT molecular complexity index is 1290. The van der Waals surface area contributed by atoms with E-state index < -0.39 is 16.0 Å². The summed E-state index contributed by atoms with van der Waals surface area (Å²) in [6, 6.07) is 11.1. The van der Waals surface area contributed by atoms with Crippen LogP contribution in [0.1, 0.15) is 30.7 Å². The molecule has 0 N–H and O–H groups in total. The highest BCUT2D eigenvalue weighted by molar-refractivity contribution is 7.99. The third-order valence-electron chi connectivity index (χ3n) is 5.25. The Balaban J connectivity index is 1.70. The first-order valence-corrected chi connectivity index (χ1v) is 15.0. The zero-order valence-electron chi connectivity index (χ0n) is 20.3. The minimum Gasteiger partial charge on any atom is -0.482 e. The van der Waals surface area contributed by atoms with E-state index in [-0.39, 0.29) is 6.61 Å². The highest BCUT2D eigenvalue weighted by Crippen LogP contribution is 2.37. The van der Waals surface area contributed by atoms with Gasteiger partial charge in [0.05, 0.1) is 6.61 Å². The van der Waals surface area contributed by atoms with Crippen molar-refractivity contribution in [1.29, 1.82) is 0 Å². The number of esters is 1. The number of thioether (sulfide) groups is 1. The number of carbonyl (C=O) groups is 1. The fourth-order valence-electron chi connectivity index (χ4n) is 3.70. The van der Waals surface area contributed by atoms with Crippen molar-refractivity contribution < 1.29 is 22.7 Å². The van der Waals surface area contributed by atoms with Gasteiger partial charge in [-0.2, -0.15) is 4.31 Å². The Morgan fingerprint density at radius 3 is 2.57 bits per heavy atom. The third-order valence-corrected chi connectivity index (χ3v) is 9.76. The molecule has 0 amide bonds. The van der Waals surface area contributed by atoms with Crippen molar-refractivity contribution in [1.82, 2.24) is 4.31 Å². The third kappa shape index (κ3) is 6.92. The number of benzene rings is 2. The predicted octanol–water partition coefficient (Wildman–Crippen LogP) is 6.31. The van der Waals surface area contributed by atoms with Crippen LogP contribution in [0, 0.1) is 13.8 Å². The van der Waals surface area contributed by atoms with E-state index in [1.165, 1.54) is 11.3 Å². The van der Waals surface area contributed by atoms with Gasteiger partial charge in [0.1, 0.15) is 10.6 Å². The number of nitrogens with zero attached hydrogens (tertiary/aromatic N) is 1. The summed E-state index contributed by atoms with van der Waals surface area (Å²) < 4.78 is 40.3. The van der Waals surface area contributed by atoms with E-state index >= 15 is 0 Å². The molecule has 0 saturated heterocycles. The molecule has 0 spiro atoms. The van der Waals surface area contributed by atoms with Gasteiger partial charge in [-0.1, -0.05) is 18.5 Å². The molecule has 6 nitrogen and oxygen atoms in total. The second kappa shape index (κ2) is 12.5. The zero-order valence-corrected chi connectivity index (χ0v) is 23.5. The SMILES string of the molecule is CCCN(CCSc1ccc(OCC(=O)OCC)c(C)c1)S(=O)(=O)c1c(C)sc2ccc(Cl)cc12. The molecule has 0 radical (unpaired) electrons. The van der Waals surface area contributed by atoms with Gasteiger partial charge in [0, 0.05) is 43.7 Å². The minimum atomic E-state index is -3.68. The average molecular weight is 556 g/mol. The van der Waals surface area contributed by atoms with E-state index in [0.29, 0.717) is 46.5 Å². The maximum Gasteiger partial charge on any atom is 0.344 e. The van der Waals surface area contributed by atoms with E-state index in [1.807, 2.05) is 45.0 Å². The summed E-state index contributed by atoms with van der Waals surface area (Å²) in [5.74, 6) is 0.818. The number of hydrogen-bond acceptors (Lipinski definition) is 7. The van der Waals surface area contributed by atoms with Crippen LogP contribution in [-0.2, 0) is 19.6 Å². The molecule has 0 aliphatic carbocycles. The highest BCUT2D eigenvalue weighted by Gasteiger charge is 2.29. The standard InChI is InChI=1S/C25H30ClNO5S3/c1-5-11-27(35(29,30)25-18(4)34-23-10-7-19(26)15-21(23)25)12-13-33-20-8-9-22(17(3)14-20)32-16-24(28)31-6-2/h7-10,14-15H,5-6,11-13,16H2,1-4H3. The van der Waals surface area contributed by atoms with Gasteiger partial charge >= 0.3 is 5.97 Å². The lowest BCUT2D eigenvalue weighted by Crippen LogP contribution is -2.34. The monoisotopic (exact) mass is 555 g/mol. The number of thiophene rings is 1. The molecule has 0 unspecified atom stereocenters. The van der Waals surface area contributed by atoms with Crippen molar-refractivity contribution in [3.8, 4) is 5.75 Å². The summed E-state index contributed by atoms with van der Waals surface area (Å²) in [5.41, 5.74) is 0.898. The Hall–Kier alpha value is -1.78. The summed E-state index contributed by atoms with van der Waals surface area (Å²) in [5, 5.41) is 1.21. The van der Waals surface area contributed by atoms with Crippen molar-refractivity contribution in [2.75, 3.05) is 32.1 Å². The van der Waals surface area contributed by atoms with E-state index in [4.69, 9.17) is 21.1 Å². The van der Waals surface area contributed by atoms with Gasteiger partial charge in [-0.25, -0.2) is 13.2 Å². The summed E-state index contributed by atoms with van der Waals surface area (Å²) >= 11 is 9.23. The summed E-state index contributed by atoms with van der Waals surface area (Å²) in [7, 11) is -3.68. The van der Waals surface area contributed by atoms with E-state index in [0.717, 1.165) is 26.5 Å². The van der Waals surface area contributed by atoms with Crippen LogP contribution in [0.25, 0.3) is 10.1 Å². The fraction of sp³-hybridized carbons (Fsp3) is 0.400. The molecule has 2 aromatic carbocycles. The lowest BCUT2D eigenvalue weighted by molar-refractivity contribution is -0.145. The van der Waals surface area contributed by atoms with Crippen molar-refractivity contribution >= 4 is 60.8 Å². The molecule has 0 aliphatic rings. The maximum absolute atomic E-state index is 13.7. The maximum atomic E-state index is 13.7. The van der Waals surface area contributed by atoms with Gasteiger partial charge in [0.25, 0.3) is 0 Å². The van der Waals surface area contributed by atoms with Crippen molar-refractivity contribution in [2.24, 2.45) is 0 Å². The Morgan fingerprint density at radius 1 is 1.11 bits per heavy atom. The van der Waals surface area contributed by atoms with Crippen molar-refractivity contribution in [3.63, 3.8) is 0 Å². The molecule has 1 aromatic heterocycles. The molecule has 0 aliphatic heterocycles. The van der Waals surface area contributed by atoms with Crippen LogP contribution in [0.15, 0.2) is 46.2 Å². The molecule has 3 rings (SSSR count). The number of sulfonamides is 1. The van der Waals surface area contributed by atoms with E-state index in [9.17, 15) is 13.2 Å². The van der Waals surface area contributed by atoms with Crippen LogP contribution in [0.4, 0.5) is 0 Å². The molecule has 0 fully saturated rings. The first-order chi connectivity index (χ1) is 16.7. The summed E-state index contributed by atoms with van der Waals surface area (Å²) in [6.45, 7) is 8.50. The molecule has 0 atom stereocenters. The first kappa shape index (κ1) is 27.8. The highest BCUT2D eigenvalue weighted by atomic mass is 35.5. The molecule has 190 valence electrons. The van der Waals surface area contributed by atoms with Crippen LogP contribution in [-0.4, -0.2) is 50.7 Å². The molecule has 35 heavy (non-hydrogen) atoms. The summed E-state index contributed by atoms with van der Waals surface area (Å²) in [6.07, 6.45) is 0.720. The number of aryl methyl sites for hydroxylation is 2. The quantitative estimate of drug-likeness (QED) is 0.193. The number of ether oxygens (including phenoxy) is 2. The fourth-order valence-corrected chi connectivity index (χ4v) is 8.23. The Morgan fingerprint density at radius 2 is 1.89 bits per heavy atom. The topological polar surface area (TPSA) is 72.9 Å².